The van der Waals surface area contributed by atoms with E-state index in [9.17, 15) is 4.79 Å². The number of carbonyl (C=O) groups excluding carboxylic acids is 1. The predicted octanol–water partition coefficient (Wildman–Crippen LogP) is 3.72. The number of aryl methyl sites for hydroxylation is 1. The first-order valence-corrected chi connectivity index (χ1v) is 11.0. The SMILES string of the molecule is Cc1ccc(-n2nccn2)c(C(=O)N2CCOCC2Cc2cccc(-c3cccnc3)c2)c1. The maximum absolute atomic E-state index is 13.8. The Morgan fingerprint density at radius 1 is 1.03 bits per heavy atom. The Balaban J connectivity index is 1.43. The first-order valence-electron chi connectivity index (χ1n) is 11.0. The van der Waals surface area contributed by atoms with Gasteiger partial charge in [0.1, 0.15) is 0 Å². The lowest BCUT2D eigenvalue weighted by molar-refractivity contribution is -0.00165. The highest BCUT2D eigenvalue weighted by Crippen LogP contribution is 2.24. The largest absolute Gasteiger partial charge is 0.377 e. The number of morpholine rings is 1. The zero-order valence-corrected chi connectivity index (χ0v) is 18.5. The molecule has 7 heteroatoms. The van der Waals surface area contributed by atoms with E-state index in [4.69, 9.17) is 4.74 Å². The van der Waals surface area contributed by atoms with Crippen LogP contribution in [0, 0.1) is 6.92 Å². The van der Waals surface area contributed by atoms with Crippen molar-refractivity contribution < 1.29 is 9.53 Å². The number of benzene rings is 2. The molecule has 1 aliphatic rings. The van der Waals surface area contributed by atoms with Gasteiger partial charge in [0.15, 0.2) is 0 Å². The molecule has 0 bridgehead atoms. The van der Waals surface area contributed by atoms with Gasteiger partial charge in [0.05, 0.1) is 42.9 Å². The molecule has 33 heavy (non-hydrogen) atoms. The molecule has 4 aromatic rings. The van der Waals surface area contributed by atoms with Crippen molar-refractivity contribution in [1.29, 1.82) is 0 Å². The van der Waals surface area contributed by atoms with Crippen LogP contribution in [0.1, 0.15) is 21.5 Å². The summed E-state index contributed by atoms with van der Waals surface area (Å²) in [5.41, 5.74) is 5.64. The highest BCUT2D eigenvalue weighted by Gasteiger charge is 2.30. The maximum atomic E-state index is 13.8. The van der Waals surface area contributed by atoms with E-state index in [-0.39, 0.29) is 11.9 Å². The smallest absolute Gasteiger partial charge is 0.256 e. The number of hydrogen-bond acceptors (Lipinski definition) is 5. The Bertz CT molecular complexity index is 1240. The molecule has 3 heterocycles. The van der Waals surface area contributed by atoms with Crippen molar-refractivity contribution >= 4 is 5.91 Å². The fraction of sp³-hybridized carbons (Fsp3) is 0.231. The number of carbonyl (C=O) groups is 1. The molecule has 1 unspecified atom stereocenters. The van der Waals surface area contributed by atoms with Crippen LogP contribution >= 0.6 is 0 Å². The molecule has 0 radical (unpaired) electrons. The summed E-state index contributed by atoms with van der Waals surface area (Å²) in [6, 6.07) is 18.1. The molecule has 1 saturated heterocycles. The third kappa shape index (κ3) is 4.54. The van der Waals surface area contributed by atoms with Crippen LogP contribution in [0.25, 0.3) is 16.8 Å². The summed E-state index contributed by atoms with van der Waals surface area (Å²) < 4.78 is 5.78. The van der Waals surface area contributed by atoms with Crippen molar-refractivity contribution in [2.24, 2.45) is 0 Å². The number of nitrogens with zero attached hydrogens (tertiary/aromatic N) is 5. The van der Waals surface area contributed by atoms with E-state index in [1.807, 2.05) is 48.4 Å². The molecule has 5 rings (SSSR count). The number of hydrogen-bond donors (Lipinski definition) is 0. The minimum Gasteiger partial charge on any atom is -0.377 e. The molecule has 0 N–H and O–H groups in total. The fourth-order valence-electron chi connectivity index (χ4n) is 4.27. The molecular formula is C26H25N5O2. The Hall–Kier alpha value is -3.84. The third-order valence-electron chi connectivity index (χ3n) is 5.90. The van der Waals surface area contributed by atoms with Crippen LogP contribution in [0.15, 0.2) is 79.4 Å². The fourth-order valence-corrected chi connectivity index (χ4v) is 4.27. The molecular weight excluding hydrogens is 414 g/mol. The van der Waals surface area contributed by atoms with Gasteiger partial charge >= 0.3 is 0 Å². The van der Waals surface area contributed by atoms with Crippen LogP contribution < -0.4 is 0 Å². The van der Waals surface area contributed by atoms with Gasteiger partial charge in [0, 0.05) is 18.9 Å². The Morgan fingerprint density at radius 3 is 2.70 bits per heavy atom. The predicted molar refractivity (Wildman–Crippen MR) is 125 cm³/mol. The van der Waals surface area contributed by atoms with E-state index in [2.05, 4.69) is 39.4 Å². The second kappa shape index (κ2) is 9.34. The molecule has 7 nitrogen and oxygen atoms in total. The van der Waals surface area contributed by atoms with Gasteiger partial charge in [-0.1, -0.05) is 42.0 Å². The van der Waals surface area contributed by atoms with Gasteiger partial charge < -0.3 is 9.64 Å². The van der Waals surface area contributed by atoms with Crippen LogP contribution in [0.4, 0.5) is 0 Å². The molecule has 166 valence electrons. The van der Waals surface area contributed by atoms with Crippen LogP contribution in [0.3, 0.4) is 0 Å². The highest BCUT2D eigenvalue weighted by atomic mass is 16.5. The Labute approximate surface area is 192 Å². The zero-order valence-electron chi connectivity index (χ0n) is 18.5. The lowest BCUT2D eigenvalue weighted by Crippen LogP contribution is -2.50. The second-order valence-corrected chi connectivity index (χ2v) is 8.21. The summed E-state index contributed by atoms with van der Waals surface area (Å²) in [7, 11) is 0. The van der Waals surface area contributed by atoms with E-state index < -0.39 is 0 Å². The molecule has 1 atom stereocenters. The van der Waals surface area contributed by atoms with E-state index in [1.54, 1.807) is 18.6 Å². The molecule has 1 amide bonds. The molecule has 2 aromatic carbocycles. The summed E-state index contributed by atoms with van der Waals surface area (Å²) >= 11 is 0. The molecule has 1 aliphatic heterocycles. The van der Waals surface area contributed by atoms with Gasteiger partial charge in [0.2, 0.25) is 0 Å². The monoisotopic (exact) mass is 439 g/mol. The van der Waals surface area contributed by atoms with E-state index in [0.717, 1.165) is 22.3 Å². The normalized spacial score (nSPS) is 16.0. The average Bonchev–Trinajstić information content (AvgIpc) is 3.39. The van der Waals surface area contributed by atoms with Crippen LogP contribution in [0.2, 0.25) is 0 Å². The summed E-state index contributed by atoms with van der Waals surface area (Å²) in [5, 5.41) is 8.47. The molecule has 0 aliphatic carbocycles. The van der Waals surface area contributed by atoms with E-state index in [1.165, 1.54) is 4.80 Å². The van der Waals surface area contributed by atoms with Crippen LogP contribution in [0.5, 0.6) is 0 Å². The standard InChI is InChI=1S/C26H25N5O2/c1-19-7-8-25(31-28-10-11-29-31)24(14-19)26(32)30-12-13-33-18-23(30)16-20-4-2-5-21(15-20)22-6-3-9-27-17-22/h2-11,14-15,17,23H,12-13,16,18H2,1H3. The van der Waals surface area contributed by atoms with Crippen molar-refractivity contribution in [3.63, 3.8) is 0 Å². The minimum atomic E-state index is -0.0608. The Kier molecular flexibility index (Phi) is 5.95. The maximum Gasteiger partial charge on any atom is 0.256 e. The van der Waals surface area contributed by atoms with Crippen molar-refractivity contribution in [3.05, 3.63) is 96.1 Å². The topological polar surface area (TPSA) is 73.1 Å². The molecule has 2 aromatic heterocycles. The Morgan fingerprint density at radius 2 is 1.88 bits per heavy atom. The number of amides is 1. The zero-order chi connectivity index (χ0) is 22.6. The summed E-state index contributed by atoms with van der Waals surface area (Å²) in [6.07, 6.45) is 7.57. The number of aromatic nitrogens is 4. The number of ether oxygens (including phenoxy) is 1. The van der Waals surface area contributed by atoms with Crippen molar-refractivity contribution in [3.8, 4) is 16.8 Å². The van der Waals surface area contributed by atoms with E-state index >= 15 is 0 Å². The van der Waals surface area contributed by atoms with Gasteiger partial charge in [-0.25, -0.2) is 0 Å². The molecule has 0 saturated carbocycles. The number of rotatable bonds is 5. The average molecular weight is 440 g/mol. The summed E-state index contributed by atoms with van der Waals surface area (Å²) in [4.78, 5) is 21.4. The molecule has 0 spiro atoms. The van der Waals surface area contributed by atoms with E-state index in [0.29, 0.717) is 37.4 Å². The van der Waals surface area contributed by atoms with Gasteiger partial charge in [-0.15, -0.1) is 0 Å². The lowest BCUT2D eigenvalue weighted by Gasteiger charge is -2.36. The first kappa shape index (κ1) is 21.0. The molecule has 1 fully saturated rings. The minimum absolute atomic E-state index is 0.0253. The van der Waals surface area contributed by atoms with Crippen LogP contribution in [-0.2, 0) is 11.2 Å². The van der Waals surface area contributed by atoms with Gasteiger partial charge in [-0.2, -0.15) is 15.0 Å². The second-order valence-electron chi connectivity index (χ2n) is 8.21. The van der Waals surface area contributed by atoms with Gasteiger partial charge in [0.25, 0.3) is 5.91 Å². The van der Waals surface area contributed by atoms with Gasteiger partial charge in [-0.3, -0.25) is 9.78 Å². The van der Waals surface area contributed by atoms with Crippen molar-refractivity contribution in [1.82, 2.24) is 24.9 Å². The summed E-state index contributed by atoms with van der Waals surface area (Å²) in [5.74, 6) is -0.0253. The lowest BCUT2D eigenvalue weighted by atomic mass is 9.98. The van der Waals surface area contributed by atoms with Crippen LogP contribution in [-0.4, -0.2) is 56.6 Å². The summed E-state index contributed by atoms with van der Waals surface area (Å²) in [6.45, 7) is 3.56. The quantitative estimate of drug-likeness (QED) is 0.474. The number of pyridine rings is 1. The van der Waals surface area contributed by atoms with Crippen molar-refractivity contribution in [2.45, 2.75) is 19.4 Å². The third-order valence-corrected chi connectivity index (χ3v) is 5.90. The first-order chi connectivity index (χ1) is 16.2. The van der Waals surface area contributed by atoms with Gasteiger partial charge in [-0.05, 0) is 48.2 Å². The van der Waals surface area contributed by atoms with Crippen molar-refractivity contribution in [2.75, 3.05) is 19.8 Å². The highest BCUT2D eigenvalue weighted by molar-refractivity contribution is 5.98.